The molecule has 0 saturated carbocycles. The van der Waals surface area contributed by atoms with E-state index in [9.17, 15) is 14.7 Å². The quantitative estimate of drug-likeness (QED) is 0.544. The Morgan fingerprint density at radius 2 is 1.77 bits per heavy atom. The van der Waals surface area contributed by atoms with Gasteiger partial charge in [0, 0.05) is 25.7 Å². The van der Waals surface area contributed by atoms with Crippen molar-refractivity contribution < 1.29 is 24.2 Å². The highest BCUT2D eigenvalue weighted by Crippen LogP contribution is 2.19. The molecule has 30 heavy (non-hydrogen) atoms. The molecule has 160 valence electrons. The summed E-state index contributed by atoms with van der Waals surface area (Å²) in [6.07, 6.45) is -1.41. The molecule has 2 amide bonds. The molecule has 3 atom stereocenters. The van der Waals surface area contributed by atoms with Gasteiger partial charge in [0.15, 0.2) is 0 Å². The largest absolute Gasteiger partial charge is 0.497 e. The van der Waals surface area contributed by atoms with Crippen LogP contribution in [0.15, 0.2) is 48.5 Å². The number of carbonyl (C=O) groups is 2. The lowest BCUT2D eigenvalue weighted by Gasteiger charge is -2.22. The minimum atomic E-state index is -0.772. The maximum Gasteiger partial charge on any atom is 0.407 e. The van der Waals surface area contributed by atoms with Gasteiger partial charge in [-0.05, 0) is 41.8 Å². The van der Waals surface area contributed by atoms with Crippen molar-refractivity contribution in [2.75, 3.05) is 20.7 Å². The Balaban J connectivity index is 1.52. The first kappa shape index (κ1) is 21.6. The molecule has 8 heteroatoms. The van der Waals surface area contributed by atoms with E-state index in [4.69, 9.17) is 9.47 Å². The van der Waals surface area contributed by atoms with Crippen molar-refractivity contribution in [3.05, 3.63) is 65.2 Å². The van der Waals surface area contributed by atoms with Crippen LogP contribution in [-0.2, 0) is 17.7 Å². The van der Waals surface area contributed by atoms with E-state index >= 15 is 0 Å². The van der Waals surface area contributed by atoms with Gasteiger partial charge in [0.1, 0.15) is 18.0 Å². The Bertz CT molecular complexity index is 854. The average Bonchev–Trinajstić information content (AvgIpc) is 3.11. The first-order valence-electron chi connectivity index (χ1n) is 9.80. The number of aliphatic hydroxyl groups excluding tert-OH is 1. The number of carbonyl (C=O) groups excluding carboxylic acids is 2. The summed E-state index contributed by atoms with van der Waals surface area (Å²) in [5, 5.41) is 18.7. The summed E-state index contributed by atoms with van der Waals surface area (Å²) in [7, 11) is 3.19. The first-order chi connectivity index (χ1) is 14.5. The summed E-state index contributed by atoms with van der Waals surface area (Å²) in [6, 6.07) is 14.4. The van der Waals surface area contributed by atoms with E-state index in [0.717, 1.165) is 16.9 Å². The van der Waals surface area contributed by atoms with Gasteiger partial charge in [0.05, 0.1) is 13.2 Å². The number of hydrogen-bond donors (Lipinski definition) is 4. The van der Waals surface area contributed by atoms with Gasteiger partial charge in [-0.3, -0.25) is 4.79 Å². The molecule has 0 bridgehead atoms. The van der Waals surface area contributed by atoms with E-state index in [0.29, 0.717) is 18.5 Å². The number of benzene rings is 2. The molecule has 0 radical (unpaired) electrons. The Kier molecular flexibility index (Phi) is 7.26. The Morgan fingerprint density at radius 3 is 2.40 bits per heavy atom. The summed E-state index contributed by atoms with van der Waals surface area (Å²) in [5.41, 5.74) is 2.43. The molecule has 2 aromatic rings. The predicted octanol–water partition coefficient (Wildman–Crippen LogP) is 1.23. The van der Waals surface area contributed by atoms with E-state index in [1.54, 1.807) is 38.4 Å². The minimum absolute atomic E-state index is 0.167. The summed E-state index contributed by atoms with van der Waals surface area (Å²) < 4.78 is 10.7. The molecule has 0 spiro atoms. The third kappa shape index (κ3) is 5.49. The van der Waals surface area contributed by atoms with Crippen molar-refractivity contribution in [2.24, 2.45) is 0 Å². The maximum absolute atomic E-state index is 12.3. The van der Waals surface area contributed by atoms with Crippen LogP contribution in [0.25, 0.3) is 0 Å². The van der Waals surface area contributed by atoms with Gasteiger partial charge in [-0.15, -0.1) is 0 Å². The zero-order valence-electron chi connectivity index (χ0n) is 17.1. The van der Waals surface area contributed by atoms with Crippen molar-refractivity contribution in [3.63, 3.8) is 0 Å². The van der Waals surface area contributed by atoms with Crippen LogP contribution >= 0.6 is 0 Å². The summed E-state index contributed by atoms with van der Waals surface area (Å²) in [6.45, 7) is 0.617. The summed E-state index contributed by atoms with van der Waals surface area (Å²) in [5.74, 6) is 0.605. The standard InChI is InChI=1S/C22H27N3O5/c1-23-21(27)16-7-3-15(4-8-16)12-25-22(28)30-20-18(24-13-19(20)26)11-14-5-9-17(29-2)10-6-14/h3-10,18-20,24,26H,11-13H2,1-2H3,(H,23,27)(H,25,28)/t18-,19+,20+/m1/s1. The van der Waals surface area contributed by atoms with Crippen LogP contribution in [-0.4, -0.2) is 56.1 Å². The van der Waals surface area contributed by atoms with Crippen molar-refractivity contribution in [3.8, 4) is 5.75 Å². The third-order valence-electron chi connectivity index (χ3n) is 5.10. The molecule has 0 unspecified atom stereocenters. The zero-order chi connectivity index (χ0) is 21.5. The summed E-state index contributed by atoms with van der Waals surface area (Å²) in [4.78, 5) is 23.8. The van der Waals surface area contributed by atoms with Crippen LogP contribution in [0.3, 0.4) is 0 Å². The lowest BCUT2D eigenvalue weighted by Crippen LogP contribution is -2.41. The minimum Gasteiger partial charge on any atom is -0.497 e. The van der Waals surface area contributed by atoms with E-state index in [1.807, 2.05) is 24.3 Å². The van der Waals surface area contributed by atoms with Crippen molar-refractivity contribution in [1.82, 2.24) is 16.0 Å². The molecular weight excluding hydrogens is 386 g/mol. The number of β-amino-alcohol motifs (C(OH)–C–C–N with tert-alkyl or cyclic N) is 1. The number of nitrogens with one attached hydrogen (secondary N) is 3. The molecule has 1 heterocycles. The van der Waals surface area contributed by atoms with Gasteiger partial charge in [-0.1, -0.05) is 24.3 Å². The highest BCUT2D eigenvalue weighted by atomic mass is 16.6. The molecule has 1 aliphatic rings. The van der Waals surface area contributed by atoms with Crippen LogP contribution in [0.2, 0.25) is 0 Å². The van der Waals surface area contributed by atoms with Crippen LogP contribution in [0.5, 0.6) is 5.75 Å². The second-order valence-corrected chi connectivity index (χ2v) is 7.13. The molecule has 4 N–H and O–H groups in total. The van der Waals surface area contributed by atoms with Gasteiger partial charge in [0.2, 0.25) is 0 Å². The van der Waals surface area contributed by atoms with Gasteiger partial charge < -0.3 is 30.5 Å². The maximum atomic E-state index is 12.3. The fraction of sp³-hybridized carbons (Fsp3) is 0.364. The highest BCUT2D eigenvalue weighted by molar-refractivity contribution is 5.93. The van der Waals surface area contributed by atoms with Gasteiger partial charge in [-0.2, -0.15) is 0 Å². The smallest absolute Gasteiger partial charge is 0.407 e. The molecule has 3 rings (SSSR count). The Morgan fingerprint density at radius 1 is 1.10 bits per heavy atom. The monoisotopic (exact) mass is 413 g/mol. The first-order valence-corrected chi connectivity index (χ1v) is 9.80. The molecule has 0 aromatic heterocycles. The van der Waals surface area contributed by atoms with Gasteiger partial charge in [-0.25, -0.2) is 4.79 Å². The second-order valence-electron chi connectivity index (χ2n) is 7.13. The Labute approximate surface area is 175 Å². The van der Waals surface area contributed by atoms with Crippen LogP contribution in [0.4, 0.5) is 4.79 Å². The van der Waals surface area contributed by atoms with E-state index < -0.39 is 18.3 Å². The highest BCUT2D eigenvalue weighted by Gasteiger charge is 2.37. The second kappa shape index (κ2) is 10.1. The van der Waals surface area contributed by atoms with E-state index in [2.05, 4.69) is 16.0 Å². The lowest BCUT2D eigenvalue weighted by molar-refractivity contribution is 0.0188. The topological polar surface area (TPSA) is 109 Å². The number of amides is 2. The number of rotatable bonds is 7. The average molecular weight is 413 g/mol. The molecule has 1 aliphatic heterocycles. The number of hydrogen-bond acceptors (Lipinski definition) is 6. The number of aliphatic hydroxyl groups is 1. The molecule has 2 aromatic carbocycles. The molecule has 8 nitrogen and oxygen atoms in total. The number of methoxy groups -OCH3 is 1. The molecular formula is C22H27N3O5. The fourth-order valence-electron chi connectivity index (χ4n) is 3.39. The predicted molar refractivity (Wildman–Crippen MR) is 111 cm³/mol. The van der Waals surface area contributed by atoms with Crippen LogP contribution in [0, 0.1) is 0 Å². The molecule has 0 aliphatic carbocycles. The van der Waals surface area contributed by atoms with Gasteiger partial charge in [0.25, 0.3) is 5.91 Å². The number of alkyl carbamates (subject to hydrolysis) is 1. The van der Waals surface area contributed by atoms with Gasteiger partial charge >= 0.3 is 6.09 Å². The van der Waals surface area contributed by atoms with E-state index in [1.165, 1.54) is 0 Å². The van der Waals surface area contributed by atoms with E-state index in [-0.39, 0.29) is 18.5 Å². The van der Waals surface area contributed by atoms with Crippen molar-refractivity contribution in [1.29, 1.82) is 0 Å². The van der Waals surface area contributed by atoms with Crippen molar-refractivity contribution in [2.45, 2.75) is 31.2 Å². The van der Waals surface area contributed by atoms with Crippen LogP contribution in [0.1, 0.15) is 21.5 Å². The fourth-order valence-corrected chi connectivity index (χ4v) is 3.39. The van der Waals surface area contributed by atoms with Crippen LogP contribution < -0.4 is 20.7 Å². The number of ether oxygens (including phenoxy) is 2. The molecule has 1 saturated heterocycles. The normalized spacial score (nSPS) is 20.4. The Hall–Kier alpha value is -3.10. The molecule has 1 fully saturated rings. The lowest BCUT2D eigenvalue weighted by atomic mass is 10.0. The summed E-state index contributed by atoms with van der Waals surface area (Å²) >= 11 is 0. The third-order valence-corrected chi connectivity index (χ3v) is 5.10. The zero-order valence-corrected chi connectivity index (χ0v) is 17.1. The SMILES string of the molecule is CNC(=O)c1ccc(CNC(=O)O[C@@H]2[C@@H](O)CN[C@@H]2Cc2ccc(OC)cc2)cc1. The van der Waals surface area contributed by atoms with Crippen molar-refractivity contribution >= 4 is 12.0 Å².